The number of carbonyl (C=O) groups excluding carboxylic acids is 3. The van der Waals surface area contributed by atoms with Gasteiger partial charge in [0.2, 0.25) is 5.91 Å². The molecule has 2 aliphatic rings. The standard InChI is InChI=1S/C32H30N4O5S/c37-30(33-26-11-5-7-13-28(26)34-14-17-40-18-15-34)22-36-31(38)29(42-32(36)39)20-23-21-35(27-12-6-4-10-25(23)27)16-19-41-24-8-2-1-3-9-24/h1-13,20-21H,14-19,22H2,(H,33,37)/b29-20-. The van der Waals surface area contributed by atoms with Crippen molar-refractivity contribution >= 4 is 57.2 Å². The highest BCUT2D eigenvalue weighted by molar-refractivity contribution is 8.18. The molecule has 4 aromatic rings. The molecule has 0 spiro atoms. The maximum absolute atomic E-state index is 13.3. The van der Waals surface area contributed by atoms with E-state index in [9.17, 15) is 14.4 Å². The zero-order valence-corrected chi connectivity index (χ0v) is 23.7. The van der Waals surface area contributed by atoms with Gasteiger partial charge in [-0.05, 0) is 48.2 Å². The number of carbonyl (C=O) groups is 3. The van der Waals surface area contributed by atoms with Gasteiger partial charge in [0.1, 0.15) is 18.9 Å². The minimum atomic E-state index is -0.481. The van der Waals surface area contributed by atoms with E-state index in [4.69, 9.17) is 9.47 Å². The van der Waals surface area contributed by atoms with Crippen LogP contribution < -0.4 is 15.0 Å². The quantitative estimate of drug-likeness (QED) is 0.270. The van der Waals surface area contributed by atoms with Crippen LogP contribution in [0.2, 0.25) is 0 Å². The predicted molar refractivity (Wildman–Crippen MR) is 165 cm³/mol. The van der Waals surface area contributed by atoms with Crippen molar-refractivity contribution in [1.82, 2.24) is 9.47 Å². The van der Waals surface area contributed by atoms with Gasteiger partial charge in [-0.3, -0.25) is 19.3 Å². The zero-order chi connectivity index (χ0) is 28.9. The Kier molecular flexibility index (Phi) is 8.25. The van der Waals surface area contributed by atoms with Crippen LogP contribution in [0.4, 0.5) is 16.2 Å². The molecule has 0 radical (unpaired) electrons. The van der Waals surface area contributed by atoms with Crippen LogP contribution in [-0.4, -0.2) is 66.0 Å². The van der Waals surface area contributed by atoms with Crippen molar-refractivity contribution in [2.75, 3.05) is 49.7 Å². The van der Waals surface area contributed by atoms with Crippen LogP contribution in [0.15, 0.2) is 90.0 Å². The maximum Gasteiger partial charge on any atom is 0.294 e. The van der Waals surface area contributed by atoms with Gasteiger partial charge in [0.25, 0.3) is 11.1 Å². The molecule has 3 amide bonds. The van der Waals surface area contributed by atoms with E-state index in [2.05, 4.69) is 14.8 Å². The average Bonchev–Trinajstić information content (AvgIpc) is 3.50. The van der Waals surface area contributed by atoms with Crippen LogP contribution in [0.5, 0.6) is 5.75 Å². The molecule has 2 fully saturated rings. The molecule has 0 bridgehead atoms. The highest BCUT2D eigenvalue weighted by Gasteiger charge is 2.36. The van der Waals surface area contributed by atoms with E-state index < -0.39 is 17.1 Å². The molecule has 3 heterocycles. The molecular formula is C32H30N4O5S. The second-order valence-corrected chi connectivity index (χ2v) is 10.9. The number of hydrogen-bond donors (Lipinski definition) is 1. The highest BCUT2D eigenvalue weighted by Crippen LogP contribution is 2.34. The van der Waals surface area contributed by atoms with Crippen molar-refractivity contribution < 1.29 is 23.9 Å². The number of morpholine rings is 1. The average molecular weight is 583 g/mol. The third-order valence-corrected chi connectivity index (χ3v) is 8.06. The van der Waals surface area contributed by atoms with Crippen molar-refractivity contribution in [3.63, 3.8) is 0 Å². The molecular weight excluding hydrogens is 552 g/mol. The van der Waals surface area contributed by atoms with Crippen molar-refractivity contribution in [1.29, 1.82) is 0 Å². The summed E-state index contributed by atoms with van der Waals surface area (Å²) in [5.74, 6) is -0.114. The summed E-state index contributed by atoms with van der Waals surface area (Å²) < 4.78 is 13.4. The van der Waals surface area contributed by atoms with Gasteiger partial charge in [-0.25, -0.2) is 0 Å². The monoisotopic (exact) mass is 582 g/mol. The summed E-state index contributed by atoms with van der Waals surface area (Å²) in [6.45, 7) is 3.39. The Morgan fingerprint density at radius 1 is 0.952 bits per heavy atom. The first-order valence-electron chi connectivity index (χ1n) is 13.8. The minimum absolute atomic E-state index is 0.282. The summed E-state index contributed by atoms with van der Waals surface area (Å²) in [6.07, 6.45) is 3.69. The van der Waals surface area contributed by atoms with Crippen LogP contribution in [-0.2, 0) is 20.9 Å². The maximum atomic E-state index is 13.3. The van der Waals surface area contributed by atoms with Crippen molar-refractivity contribution in [2.24, 2.45) is 0 Å². The van der Waals surface area contributed by atoms with Crippen molar-refractivity contribution in [3.05, 3.63) is 95.5 Å². The molecule has 0 atom stereocenters. The number of amides is 3. The SMILES string of the molecule is O=C(CN1C(=O)S/C(=C\c2cn(CCOc3ccccc3)c3ccccc23)C1=O)Nc1ccccc1N1CCOCC1. The molecule has 42 heavy (non-hydrogen) atoms. The summed E-state index contributed by atoms with van der Waals surface area (Å²) in [5.41, 5.74) is 3.34. The van der Waals surface area contributed by atoms with Gasteiger partial charge in [0.05, 0.1) is 36.0 Å². The number of fused-ring (bicyclic) bond motifs is 1. The number of anilines is 2. The van der Waals surface area contributed by atoms with Gasteiger partial charge in [-0.2, -0.15) is 0 Å². The topological polar surface area (TPSA) is 93.1 Å². The molecule has 2 saturated heterocycles. The van der Waals surface area contributed by atoms with Crippen LogP contribution in [0, 0.1) is 0 Å². The van der Waals surface area contributed by atoms with Gasteiger partial charge in [0, 0.05) is 35.8 Å². The Morgan fingerprint density at radius 3 is 2.52 bits per heavy atom. The lowest BCUT2D eigenvalue weighted by atomic mass is 10.1. The van der Waals surface area contributed by atoms with E-state index >= 15 is 0 Å². The van der Waals surface area contributed by atoms with E-state index in [0.29, 0.717) is 32.1 Å². The predicted octanol–water partition coefficient (Wildman–Crippen LogP) is 5.23. The third kappa shape index (κ3) is 6.05. The number of hydrogen-bond acceptors (Lipinski definition) is 7. The fraction of sp³-hybridized carbons (Fsp3) is 0.219. The first-order chi connectivity index (χ1) is 20.6. The largest absolute Gasteiger partial charge is 0.492 e. The summed E-state index contributed by atoms with van der Waals surface area (Å²) in [5, 5.41) is 3.38. The van der Waals surface area contributed by atoms with Crippen LogP contribution in [0.3, 0.4) is 0 Å². The fourth-order valence-electron chi connectivity index (χ4n) is 5.12. The normalized spacial score (nSPS) is 16.4. The molecule has 0 saturated carbocycles. The van der Waals surface area contributed by atoms with Gasteiger partial charge < -0.3 is 24.3 Å². The molecule has 6 rings (SSSR count). The summed E-state index contributed by atoms with van der Waals surface area (Å²) in [4.78, 5) is 42.5. The number of aromatic nitrogens is 1. The Bertz CT molecular complexity index is 1650. The number of rotatable bonds is 9. The lowest BCUT2D eigenvalue weighted by molar-refractivity contribution is -0.127. The Hall–Kier alpha value is -4.54. The molecule has 0 aliphatic carbocycles. The van der Waals surface area contributed by atoms with E-state index in [-0.39, 0.29) is 11.4 Å². The minimum Gasteiger partial charge on any atom is -0.492 e. The molecule has 9 nitrogen and oxygen atoms in total. The van der Waals surface area contributed by atoms with E-state index in [0.717, 1.165) is 57.7 Å². The van der Waals surface area contributed by atoms with Crippen LogP contribution in [0.25, 0.3) is 17.0 Å². The molecule has 2 aliphatic heterocycles. The number of benzene rings is 3. The van der Waals surface area contributed by atoms with Crippen molar-refractivity contribution in [3.8, 4) is 5.75 Å². The third-order valence-electron chi connectivity index (χ3n) is 7.16. The molecule has 1 aromatic heterocycles. The summed E-state index contributed by atoms with van der Waals surface area (Å²) in [7, 11) is 0. The van der Waals surface area contributed by atoms with E-state index in [1.165, 1.54) is 0 Å². The lowest BCUT2D eigenvalue weighted by Crippen LogP contribution is -2.38. The van der Waals surface area contributed by atoms with Crippen LogP contribution >= 0.6 is 11.8 Å². The molecule has 3 aromatic carbocycles. The Morgan fingerprint density at radius 2 is 1.69 bits per heavy atom. The number of nitrogens with one attached hydrogen (secondary N) is 1. The molecule has 214 valence electrons. The first kappa shape index (κ1) is 27.6. The number of ether oxygens (including phenoxy) is 2. The molecule has 0 unspecified atom stereocenters. The van der Waals surface area contributed by atoms with Crippen molar-refractivity contribution in [2.45, 2.75) is 6.54 Å². The second-order valence-electron chi connectivity index (χ2n) is 9.89. The van der Waals surface area contributed by atoms with Gasteiger partial charge in [-0.15, -0.1) is 0 Å². The summed E-state index contributed by atoms with van der Waals surface area (Å²) in [6, 6.07) is 25.0. The number of para-hydroxylation sites is 4. The smallest absolute Gasteiger partial charge is 0.294 e. The second kappa shape index (κ2) is 12.5. The highest BCUT2D eigenvalue weighted by atomic mass is 32.2. The van der Waals surface area contributed by atoms with Gasteiger partial charge >= 0.3 is 0 Å². The molecule has 1 N–H and O–H groups in total. The lowest BCUT2D eigenvalue weighted by Gasteiger charge is -2.30. The Balaban J connectivity index is 1.15. The fourth-order valence-corrected chi connectivity index (χ4v) is 5.95. The van der Waals surface area contributed by atoms with Crippen LogP contribution in [0.1, 0.15) is 5.56 Å². The molecule has 10 heteroatoms. The van der Waals surface area contributed by atoms with E-state index in [1.54, 1.807) is 6.08 Å². The van der Waals surface area contributed by atoms with Gasteiger partial charge in [-0.1, -0.05) is 48.5 Å². The zero-order valence-electron chi connectivity index (χ0n) is 22.9. The number of thioether (sulfide) groups is 1. The Labute approximate surface area is 247 Å². The first-order valence-corrected chi connectivity index (χ1v) is 14.6. The summed E-state index contributed by atoms with van der Waals surface area (Å²) >= 11 is 0.846. The number of imide groups is 1. The number of nitrogens with zero attached hydrogens (tertiary/aromatic N) is 3. The van der Waals surface area contributed by atoms with Gasteiger partial charge in [0.15, 0.2) is 0 Å². The van der Waals surface area contributed by atoms with E-state index in [1.807, 2.05) is 85.1 Å².